The Morgan fingerprint density at radius 1 is 1.19 bits per heavy atom. The Kier molecular flexibility index (Phi) is 3.31. The summed E-state index contributed by atoms with van der Waals surface area (Å²) in [5, 5.41) is 8.13. The summed E-state index contributed by atoms with van der Waals surface area (Å²) in [5.74, 6) is 1.28. The third-order valence-electron chi connectivity index (χ3n) is 2.20. The maximum Gasteiger partial charge on any atom is 0.223 e. The minimum Gasteiger partial charge on any atom is -0.340 e. The first-order valence-electron chi connectivity index (χ1n) is 5.08. The molecule has 0 unspecified atom stereocenters. The van der Waals surface area contributed by atoms with Crippen molar-refractivity contribution in [3.8, 4) is 0 Å². The highest BCUT2D eigenvalue weighted by molar-refractivity contribution is 7.11. The Labute approximate surface area is 97.9 Å². The average Bonchev–Trinajstić information content (AvgIpc) is 2.75. The predicted octanol–water partition coefficient (Wildman–Crippen LogP) is 1.74. The van der Waals surface area contributed by atoms with Crippen molar-refractivity contribution in [3.63, 3.8) is 0 Å². The molecule has 0 fully saturated rings. The zero-order chi connectivity index (χ0) is 11.5. The van der Waals surface area contributed by atoms with Crippen LogP contribution in [0.3, 0.4) is 0 Å². The van der Waals surface area contributed by atoms with E-state index in [0.29, 0.717) is 18.3 Å². The summed E-state index contributed by atoms with van der Waals surface area (Å²) >= 11 is 1.72. The van der Waals surface area contributed by atoms with E-state index >= 15 is 0 Å². The van der Waals surface area contributed by atoms with Gasteiger partial charge in [-0.1, -0.05) is 5.16 Å². The number of aromatic nitrogens is 3. The van der Waals surface area contributed by atoms with E-state index in [2.05, 4.69) is 27.4 Å². The van der Waals surface area contributed by atoms with Crippen molar-refractivity contribution in [1.29, 1.82) is 0 Å². The lowest BCUT2D eigenvalue weighted by molar-refractivity contribution is 0.385. The monoisotopic (exact) mass is 238 g/mol. The van der Waals surface area contributed by atoms with Gasteiger partial charge in [-0.05, 0) is 13.8 Å². The van der Waals surface area contributed by atoms with E-state index in [1.54, 1.807) is 18.3 Å². The Morgan fingerprint density at radius 2 is 2.00 bits per heavy atom. The lowest BCUT2D eigenvalue weighted by atomic mass is 10.4. The highest BCUT2D eigenvalue weighted by atomic mass is 32.1. The first kappa shape index (κ1) is 11.2. The second kappa shape index (κ2) is 4.71. The number of rotatable bonds is 4. The molecule has 2 aromatic rings. The predicted molar refractivity (Wildman–Crippen MR) is 61.2 cm³/mol. The van der Waals surface area contributed by atoms with Crippen LogP contribution in [0.15, 0.2) is 4.52 Å². The summed E-state index contributed by atoms with van der Waals surface area (Å²) in [5.41, 5.74) is 1.11. The molecule has 86 valence electrons. The molecule has 0 saturated heterocycles. The molecule has 0 bridgehead atoms. The molecular formula is C10H14N4OS. The molecule has 5 nitrogen and oxygen atoms in total. The molecule has 16 heavy (non-hydrogen) atoms. The van der Waals surface area contributed by atoms with Gasteiger partial charge in [0.2, 0.25) is 5.89 Å². The molecular weight excluding hydrogens is 224 g/mol. The van der Waals surface area contributed by atoms with Crippen molar-refractivity contribution in [2.24, 2.45) is 0 Å². The van der Waals surface area contributed by atoms with Gasteiger partial charge in [-0.2, -0.15) is 4.98 Å². The van der Waals surface area contributed by atoms with Gasteiger partial charge in [0.25, 0.3) is 0 Å². The van der Waals surface area contributed by atoms with Gasteiger partial charge < -0.3 is 9.84 Å². The van der Waals surface area contributed by atoms with Crippen LogP contribution in [0.2, 0.25) is 0 Å². The van der Waals surface area contributed by atoms with E-state index in [-0.39, 0.29) is 0 Å². The second-order valence-electron chi connectivity index (χ2n) is 3.58. The van der Waals surface area contributed by atoms with Crippen LogP contribution < -0.4 is 5.32 Å². The van der Waals surface area contributed by atoms with Crippen molar-refractivity contribution >= 4 is 11.3 Å². The summed E-state index contributed by atoms with van der Waals surface area (Å²) < 4.78 is 4.88. The van der Waals surface area contributed by atoms with Gasteiger partial charge in [0.15, 0.2) is 5.82 Å². The van der Waals surface area contributed by atoms with Crippen LogP contribution in [0.4, 0.5) is 0 Å². The number of hydrogen-bond donors (Lipinski definition) is 1. The molecule has 2 aromatic heterocycles. The fourth-order valence-electron chi connectivity index (χ4n) is 1.31. The Bertz CT molecular complexity index is 457. The maximum absolute atomic E-state index is 4.88. The molecule has 0 aliphatic carbocycles. The largest absolute Gasteiger partial charge is 0.340 e. The van der Waals surface area contributed by atoms with Crippen LogP contribution in [0.1, 0.15) is 27.3 Å². The van der Waals surface area contributed by atoms with Crippen molar-refractivity contribution in [2.45, 2.75) is 33.9 Å². The van der Waals surface area contributed by atoms with Crippen molar-refractivity contribution in [2.75, 3.05) is 0 Å². The third kappa shape index (κ3) is 2.65. The van der Waals surface area contributed by atoms with Crippen molar-refractivity contribution in [3.05, 3.63) is 27.3 Å². The van der Waals surface area contributed by atoms with Gasteiger partial charge in [0.05, 0.1) is 12.2 Å². The van der Waals surface area contributed by atoms with Crippen molar-refractivity contribution < 1.29 is 4.52 Å². The molecule has 2 rings (SSSR count). The smallest absolute Gasteiger partial charge is 0.223 e. The van der Waals surface area contributed by atoms with E-state index in [4.69, 9.17) is 4.52 Å². The molecule has 0 radical (unpaired) electrons. The van der Waals surface area contributed by atoms with Crippen LogP contribution in [0, 0.1) is 20.8 Å². The van der Waals surface area contributed by atoms with Crippen LogP contribution in [-0.4, -0.2) is 15.1 Å². The molecule has 0 aliphatic rings. The number of thiazole rings is 1. The summed E-state index contributed by atoms with van der Waals surface area (Å²) in [6.45, 7) is 7.24. The summed E-state index contributed by atoms with van der Waals surface area (Å²) in [4.78, 5) is 9.82. The van der Waals surface area contributed by atoms with E-state index in [9.17, 15) is 0 Å². The molecule has 0 aliphatic heterocycles. The van der Waals surface area contributed by atoms with Gasteiger partial charge >= 0.3 is 0 Å². The van der Waals surface area contributed by atoms with Gasteiger partial charge in [-0.15, -0.1) is 11.3 Å². The topological polar surface area (TPSA) is 63.8 Å². The summed E-state index contributed by atoms with van der Waals surface area (Å²) in [7, 11) is 0. The van der Waals surface area contributed by atoms with E-state index in [1.165, 1.54) is 4.88 Å². The highest BCUT2D eigenvalue weighted by Crippen LogP contribution is 2.15. The standard InChI is InChI=1S/C10H14N4OS/c1-6-7(2)16-10(12-6)5-11-4-9-13-8(3)15-14-9/h11H,4-5H2,1-3H3. The van der Waals surface area contributed by atoms with Crippen LogP contribution >= 0.6 is 11.3 Å². The second-order valence-corrected chi connectivity index (χ2v) is 4.87. The zero-order valence-corrected chi connectivity index (χ0v) is 10.4. The zero-order valence-electron chi connectivity index (χ0n) is 9.57. The van der Waals surface area contributed by atoms with Gasteiger partial charge in [-0.3, -0.25) is 0 Å². The fraction of sp³-hybridized carbons (Fsp3) is 0.500. The molecule has 2 heterocycles. The van der Waals surface area contributed by atoms with E-state index < -0.39 is 0 Å². The van der Waals surface area contributed by atoms with Crippen LogP contribution in [-0.2, 0) is 13.1 Å². The van der Waals surface area contributed by atoms with Gasteiger partial charge in [-0.25, -0.2) is 4.98 Å². The third-order valence-corrected chi connectivity index (χ3v) is 3.27. The molecule has 0 saturated carbocycles. The Hall–Kier alpha value is -1.27. The molecule has 0 aromatic carbocycles. The van der Waals surface area contributed by atoms with E-state index in [1.807, 2.05) is 6.92 Å². The lowest BCUT2D eigenvalue weighted by Crippen LogP contribution is -2.13. The highest BCUT2D eigenvalue weighted by Gasteiger charge is 2.04. The fourth-order valence-corrected chi connectivity index (χ4v) is 2.21. The molecule has 0 atom stereocenters. The van der Waals surface area contributed by atoms with Crippen molar-refractivity contribution in [1.82, 2.24) is 20.4 Å². The first-order valence-corrected chi connectivity index (χ1v) is 5.89. The maximum atomic E-state index is 4.88. The molecule has 1 N–H and O–H groups in total. The normalized spacial score (nSPS) is 10.9. The number of hydrogen-bond acceptors (Lipinski definition) is 6. The van der Waals surface area contributed by atoms with Crippen LogP contribution in [0.5, 0.6) is 0 Å². The minimum atomic E-state index is 0.595. The van der Waals surface area contributed by atoms with E-state index in [0.717, 1.165) is 17.2 Å². The number of nitrogens with zero attached hydrogens (tertiary/aromatic N) is 3. The summed E-state index contributed by atoms with van der Waals surface area (Å²) in [6, 6.07) is 0. The first-order chi connectivity index (χ1) is 7.65. The van der Waals surface area contributed by atoms with Crippen LogP contribution in [0.25, 0.3) is 0 Å². The number of aryl methyl sites for hydroxylation is 3. The SMILES string of the molecule is Cc1nc(CNCc2nc(C)c(C)s2)no1. The molecule has 0 spiro atoms. The van der Waals surface area contributed by atoms with Gasteiger partial charge in [0, 0.05) is 18.3 Å². The quantitative estimate of drug-likeness (QED) is 0.879. The van der Waals surface area contributed by atoms with Gasteiger partial charge in [0.1, 0.15) is 5.01 Å². The Balaban J connectivity index is 1.84. The summed E-state index contributed by atoms with van der Waals surface area (Å²) in [6.07, 6.45) is 0. The minimum absolute atomic E-state index is 0.595. The Morgan fingerprint density at radius 3 is 2.56 bits per heavy atom. The average molecular weight is 238 g/mol. The number of nitrogens with one attached hydrogen (secondary N) is 1. The molecule has 0 amide bonds. The molecule has 6 heteroatoms. The lowest BCUT2D eigenvalue weighted by Gasteiger charge is -1.96.